The van der Waals surface area contributed by atoms with Crippen molar-refractivity contribution in [3.8, 4) is 0 Å². The first-order chi connectivity index (χ1) is 7.20. The van der Waals surface area contributed by atoms with Crippen LogP contribution in [-0.4, -0.2) is 50.1 Å². The van der Waals surface area contributed by atoms with Gasteiger partial charge in [-0.15, -0.1) is 12.6 Å². The average Bonchev–Trinajstić information content (AvgIpc) is 2.23. The van der Waals surface area contributed by atoms with E-state index in [1.165, 1.54) is 0 Å². The first-order valence-corrected chi connectivity index (χ1v) is 5.69. The molecule has 90 valence electrons. The summed E-state index contributed by atoms with van der Waals surface area (Å²) in [5.74, 6) is 0.188. The Morgan fingerprint density at radius 2 is 1.93 bits per heavy atom. The lowest BCUT2D eigenvalue weighted by molar-refractivity contribution is -0.145. The number of rotatable bonds is 9. The summed E-state index contributed by atoms with van der Waals surface area (Å²) in [4.78, 5) is 10.7. The first-order valence-electron chi connectivity index (χ1n) is 4.54. The monoisotopic (exact) mass is 255 g/mol. The van der Waals surface area contributed by atoms with Crippen LogP contribution in [0.4, 0.5) is 0 Å². The van der Waals surface area contributed by atoms with E-state index in [0.29, 0.717) is 25.6 Å². The van der Waals surface area contributed by atoms with E-state index in [-0.39, 0.29) is 13.2 Å². The molecule has 0 spiro atoms. The van der Waals surface area contributed by atoms with E-state index in [9.17, 15) is 4.79 Å². The number of carbonyl (C=O) groups excluding carboxylic acids is 1. The lowest BCUT2D eigenvalue weighted by Gasteiger charge is -2.12. The highest BCUT2D eigenvalue weighted by Gasteiger charge is 2.07. The van der Waals surface area contributed by atoms with Crippen molar-refractivity contribution in [2.24, 2.45) is 5.73 Å². The van der Waals surface area contributed by atoms with Crippen molar-refractivity contribution >= 4 is 31.2 Å². The van der Waals surface area contributed by atoms with Gasteiger partial charge in [-0.25, -0.2) is 0 Å². The molecule has 0 aromatic carbocycles. The van der Waals surface area contributed by atoms with Crippen LogP contribution in [0.1, 0.15) is 0 Å². The van der Waals surface area contributed by atoms with Crippen LogP contribution >= 0.6 is 25.3 Å². The van der Waals surface area contributed by atoms with Crippen LogP contribution in [0.25, 0.3) is 0 Å². The fourth-order valence-electron chi connectivity index (χ4n) is 0.702. The van der Waals surface area contributed by atoms with Gasteiger partial charge >= 0.3 is 5.97 Å². The van der Waals surface area contributed by atoms with Crippen molar-refractivity contribution in [1.82, 2.24) is 0 Å². The van der Waals surface area contributed by atoms with E-state index in [0.717, 1.165) is 0 Å². The van der Waals surface area contributed by atoms with Gasteiger partial charge in [0, 0.05) is 5.75 Å². The zero-order chi connectivity index (χ0) is 11.5. The molecule has 0 saturated carbocycles. The summed E-state index contributed by atoms with van der Waals surface area (Å²) in [7, 11) is 0. The van der Waals surface area contributed by atoms with E-state index in [1.54, 1.807) is 0 Å². The Balaban J connectivity index is 3.23. The Morgan fingerprint density at radius 3 is 2.53 bits per heavy atom. The Bertz CT molecular complexity index is 171. The molecule has 1 atom stereocenters. The minimum atomic E-state index is -0.578. The third-order valence-electron chi connectivity index (χ3n) is 1.30. The van der Waals surface area contributed by atoms with E-state index in [1.807, 2.05) is 0 Å². The summed E-state index contributed by atoms with van der Waals surface area (Å²) in [5, 5.41) is 0. The molecule has 15 heavy (non-hydrogen) atoms. The summed E-state index contributed by atoms with van der Waals surface area (Å²) in [5.41, 5.74) is 4.48. The summed E-state index contributed by atoms with van der Waals surface area (Å²) in [6.07, 6.45) is 0. The maximum absolute atomic E-state index is 10.7. The van der Waals surface area contributed by atoms with E-state index in [2.05, 4.69) is 25.3 Å². The Labute approximate surface area is 100 Å². The molecule has 5 nitrogen and oxygen atoms in total. The van der Waals surface area contributed by atoms with Gasteiger partial charge in [-0.05, 0) is 0 Å². The van der Waals surface area contributed by atoms with Gasteiger partial charge in [-0.2, -0.15) is 12.6 Å². The van der Waals surface area contributed by atoms with Gasteiger partial charge in [0.25, 0.3) is 0 Å². The summed E-state index contributed by atoms with van der Waals surface area (Å²) < 4.78 is 15.0. The number of hydrogen-bond donors (Lipinski definition) is 3. The van der Waals surface area contributed by atoms with Crippen molar-refractivity contribution in [3.63, 3.8) is 0 Å². The fraction of sp³-hybridized carbons (Fsp3) is 0.875. The molecule has 0 saturated heterocycles. The molecule has 0 aromatic heterocycles. The topological polar surface area (TPSA) is 70.8 Å². The second-order valence-corrected chi connectivity index (χ2v) is 3.58. The van der Waals surface area contributed by atoms with E-state index >= 15 is 0 Å². The number of thiol groups is 2. The predicted molar refractivity (Wildman–Crippen MR) is 63.4 cm³/mol. The van der Waals surface area contributed by atoms with Crippen LogP contribution in [0.3, 0.4) is 0 Å². The molecule has 0 aliphatic rings. The molecule has 0 aliphatic carbocycles. The maximum atomic E-state index is 10.7. The molecule has 1 unspecified atom stereocenters. The largest absolute Gasteiger partial charge is 0.448 e. The van der Waals surface area contributed by atoms with Gasteiger partial charge in [-0.1, -0.05) is 0 Å². The van der Waals surface area contributed by atoms with Crippen molar-refractivity contribution in [3.05, 3.63) is 0 Å². The minimum absolute atomic E-state index is 0.151. The molecule has 0 aliphatic heterocycles. The molecule has 0 rings (SSSR count). The van der Waals surface area contributed by atoms with Crippen LogP contribution < -0.4 is 5.73 Å². The first kappa shape index (κ1) is 15.0. The zero-order valence-electron chi connectivity index (χ0n) is 8.42. The molecule has 0 fully saturated rings. The van der Waals surface area contributed by atoms with Crippen LogP contribution in [0.5, 0.6) is 0 Å². The van der Waals surface area contributed by atoms with E-state index in [4.69, 9.17) is 19.9 Å². The zero-order valence-corrected chi connectivity index (χ0v) is 10.2. The standard InChI is InChI=1S/C8H17NO4S2/c9-5-7(10)13-8(15)6-12-2-1-11-3-4-14/h8,14-15H,1-6,9H2. The van der Waals surface area contributed by atoms with Gasteiger partial charge in [0.2, 0.25) is 0 Å². The fourth-order valence-corrected chi connectivity index (χ4v) is 1.05. The third-order valence-corrected chi connectivity index (χ3v) is 1.74. The molecule has 0 radical (unpaired) electrons. The second kappa shape index (κ2) is 10.6. The predicted octanol–water partition coefficient (Wildman–Crippen LogP) is -0.293. The van der Waals surface area contributed by atoms with Gasteiger partial charge in [-0.3, -0.25) is 4.79 Å². The highest BCUT2D eigenvalue weighted by atomic mass is 32.1. The van der Waals surface area contributed by atoms with Gasteiger partial charge in [0.1, 0.15) is 0 Å². The van der Waals surface area contributed by atoms with Gasteiger partial charge in [0.15, 0.2) is 5.44 Å². The maximum Gasteiger partial charge on any atom is 0.320 e. The highest BCUT2D eigenvalue weighted by Crippen LogP contribution is 1.98. The lowest BCUT2D eigenvalue weighted by atomic mass is 10.6. The summed E-state index contributed by atoms with van der Waals surface area (Å²) in [6, 6.07) is 0. The smallest absolute Gasteiger partial charge is 0.320 e. The van der Waals surface area contributed by atoms with Crippen LogP contribution in [0.2, 0.25) is 0 Å². The van der Waals surface area contributed by atoms with Crippen LogP contribution in [-0.2, 0) is 19.0 Å². The van der Waals surface area contributed by atoms with Crippen LogP contribution in [0.15, 0.2) is 0 Å². The highest BCUT2D eigenvalue weighted by molar-refractivity contribution is 7.80. The molecule has 0 bridgehead atoms. The Morgan fingerprint density at radius 1 is 1.27 bits per heavy atom. The average molecular weight is 255 g/mol. The third kappa shape index (κ3) is 10.3. The molecule has 0 amide bonds. The number of esters is 1. The molecule has 7 heteroatoms. The van der Waals surface area contributed by atoms with Crippen LogP contribution in [0, 0.1) is 0 Å². The van der Waals surface area contributed by atoms with Gasteiger partial charge in [0.05, 0.1) is 33.0 Å². The molecular formula is C8H17NO4S2. The number of ether oxygens (including phenoxy) is 3. The number of nitrogens with two attached hydrogens (primary N) is 1. The molecule has 0 heterocycles. The SMILES string of the molecule is NCC(=O)OC(S)COCCOCCS. The second-order valence-electron chi connectivity index (χ2n) is 2.56. The lowest BCUT2D eigenvalue weighted by Crippen LogP contribution is -2.24. The molecular weight excluding hydrogens is 238 g/mol. The Hall–Kier alpha value is 0.0500. The molecule has 2 N–H and O–H groups in total. The van der Waals surface area contributed by atoms with E-state index < -0.39 is 11.4 Å². The normalized spacial score (nSPS) is 12.5. The summed E-state index contributed by atoms with van der Waals surface area (Å²) >= 11 is 7.97. The Kier molecular flexibility index (Phi) is 10.6. The summed E-state index contributed by atoms with van der Waals surface area (Å²) in [6.45, 7) is 1.59. The van der Waals surface area contributed by atoms with Crippen molar-refractivity contribution in [2.75, 3.05) is 38.7 Å². The molecule has 0 aromatic rings. The van der Waals surface area contributed by atoms with Crippen molar-refractivity contribution < 1.29 is 19.0 Å². The van der Waals surface area contributed by atoms with Gasteiger partial charge < -0.3 is 19.9 Å². The quantitative estimate of drug-likeness (QED) is 0.228. The number of carbonyl (C=O) groups is 1. The number of hydrogen-bond acceptors (Lipinski definition) is 7. The minimum Gasteiger partial charge on any atom is -0.448 e. The van der Waals surface area contributed by atoms with Crippen molar-refractivity contribution in [2.45, 2.75) is 5.44 Å². The van der Waals surface area contributed by atoms with Crippen molar-refractivity contribution in [1.29, 1.82) is 0 Å².